The molecule has 3 heteroatoms. The Bertz CT molecular complexity index is 202. The summed E-state index contributed by atoms with van der Waals surface area (Å²) in [6, 6.07) is 0. The van der Waals surface area contributed by atoms with Gasteiger partial charge in [0.05, 0.1) is 18.0 Å². The van der Waals surface area contributed by atoms with Crippen molar-refractivity contribution in [3.05, 3.63) is 0 Å². The summed E-state index contributed by atoms with van der Waals surface area (Å²) in [6.45, 7) is 12.4. The summed E-state index contributed by atoms with van der Waals surface area (Å²) in [6.07, 6.45) is 0.940. The van der Waals surface area contributed by atoms with Gasteiger partial charge in [-0.1, -0.05) is 43.6 Å². The fraction of sp³-hybridized carbons (Fsp3) is 1.00. The number of halogens is 1. The van der Waals surface area contributed by atoms with Crippen LogP contribution in [0.4, 0.5) is 0 Å². The van der Waals surface area contributed by atoms with E-state index in [-0.39, 0.29) is 10.2 Å². The molecule has 1 aliphatic heterocycles. The SMILES string of the molecule is CC(C)CC1(C(C)Br)OCC(C)(C)CO1. The van der Waals surface area contributed by atoms with Gasteiger partial charge in [-0.05, 0) is 12.8 Å². The molecular formula is C12H23BrO2. The topological polar surface area (TPSA) is 18.5 Å². The van der Waals surface area contributed by atoms with E-state index < -0.39 is 5.79 Å². The van der Waals surface area contributed by atoms with Gasteiger partial charge in [-0.2, -0.15) is 0 Å². The van der Waals surface area contributed by atoms with Gasteiger partial charge in [-0.15, -0.1) is 0 Å². The Morgan fingerprint density at radius 2 is 1.60 bits per heavy atom. The molecule has 0 aromatic heterocycles. The lowest BCUT2D eigenvalue weighted by Gasteiger charge is -2.46. The van der Waals surface area contributed by atoms with Gasteiger partial charge in [-0.3, -0.25) is 0 Å². The highest BCUT2D eigenvalue weighted by molar-refractivity contribution is 9.09. The summed E-state index contributed by atoms with van der Waals surface area (Å²) < 4.78 is 12.0. The van der Waals surface area contributed by atoms with Gasteiger partial charge in [0.1, 0.15) is 0 Å². The molecule has 1 heterocycles. The van der Waals surface area contributed by atoms with Crippen molar-refractivity contribution in [2.24, 2.45) is 11.3 Å². The second-order valence-corrected chi connectivity index (χ2v) is 7.14. The molecule has 0 amide bonds. The van der Waals surface area contributed by atoms with Crippen LogP contribution in [0.1, 0.15) is 41.0 Å². The largest absolute Gasteiger partial charge is 0.348 e. The minimum absolute atomic E-state index is 0.141. The highest BCUT2D eigenvalue weighted by atomic mass is 79.9. The Labute approximate surface area is 102 Å². The maximum atomic E-state index is 5.98. The van der Waals surface area contributed by atoms with Crippen LogP contribution in [0.3, 0.4) is 0 Å². The van der Waals surface area contributed by atoms with E-state index in [0.717, 1.165) is 19.6 Å². The summed E-state index contributed by atoms with van der Waals surface area (Å²) in [5.41, 5.74) is 0.141. The van der Waals surface area contributed by atoms with Crippen molar-refractivity contribution in [1.82, 2.24) is 0 Å². The molecule has 0 aromatic carbocycles. The number of alkyl halides is 1. The van der Waals surface area contributed by atoms with Crippen molar-refractivity contribution in [3.8, 4) is 0 Å². The maximum Gasteiger partial charge on any atom is 0.180 e. The lowest BCUT2D eigenvalue weighted by atomic mass is 9.92. The Balaban J connectivity index is 2.69. The first kappa shape index (κ1) is 13.5. The first-order valence-electron chi connectivity index (χ1n) is 5.69. The second kappa shape index (κ2) is 4.72. The highest BCUT2D eigenvalue weighted by Gasteiger charge is 2.44. The summed E-state index contributed by atoms with van der Waals surface area (Å²) in [5, 5.41) is 0. The predicted molar refractivity (Wildman–Crippen MR) is 66.3 cm³/mol. The van der Waals surface area contributed by atoms with Crippen molar-refractivity contribution >= 4 is 15.9 Å². The Morgan fingerprint density at radius 3 is 1.93 bits per heavy atom. The molecule has 90 valence electrons. The molecule has 0 radical (unpaired) electrons. The van der Waals surface area contributed by atoms with Crippen LogP contribution < -0.4 is 0 Å². The van der Waals surface area contributed by atoms with Crippen LogP contribution >= 0.6 is 15.9 Å². The molecule has 1 aliphatic rings. The van der Waals surface area contributed by atoms with Crippen LogP contribution in [-0.4, -0.2) is 23.8 Å². The van der Waals surface area contributed by atoms with Crippen LogP contribution in [-0.2, 0) is 9.47 Å². The van der Waals surface area contributed by atoms with E-state index in [4.69, 9.17) is 9.47 Å². The smallest absolute Gasteiger partial charge is 0.180 e. The summed E-state index contributed by atoms with van der Waals surface area (Å²) in [7, 11) is 0. The molecule has 1 rings (SSSR count). The molecule has 2 nitrogen and oxygen atoms in total. The molecule has 1 unspecified atom stereocenters. The third-order valence-electron chi connectivity index (χ3n) is 2.71. The lowest BCUT2D eigenvalue weighted by Crippen LogP contribution is -2.52. The average Bonchev–Trinajstić information content (AvgIpc) is 2.08. The van der Waals surface area contributed by atoms with Crippen molar-refractivity contribution in [3.63, 3.8) is 0 Å². The zero-order valence-electron chi connectivity index (χ0n) is 10.5. The fourth-order valence-corrected chi connectivity index (χ4v) is 2.25. The van der Waals surface area contributed by atoms with Crippen LogP contribution in [0.25, 0.3) is 0 Å². The van der Waals surface area contributed by atoms with E-state index in [9.17, 15) is 0 Å². The number of hydrogen-bond donors (Lipinski definition) is 0. The molecule has 15 heavy (non-hydrogen) atoms. The van der Waals surface area contributed by atoms with Crippen LogP contribution in [0.2, 0.25) is 0 Å². The van der Waals surface area contributed by atoms with Gasteiger partial charge in [0.25, 0.3) is 0 Å². The number of rotatable bonds is 3. The van der Waals surface area contributed by atoms with E-state index >= 15 is 0 Å². The van der Waals surface area contributed by atoms with E-state index in [2.05, 4.69) is 50.5 Å². The maximum absolute atomic E-state index is 5.98. The molecule has 0 aromatic rings. The van der Waals surface area contributed by atoms with Crippen LogP contribution in [0.5, 0.6) is 0 Å². The van der Waals surface area contributed by atoms with Gasteiger partial charge >= 0.3 is 0 Å². The van der Waals surface area contributed by atoms with Crippen LogP contribution in [0, 0.1) is 11.3 Å². The summed E-state index contributed by atoms with van der Waals surface area (Å²) in [5.74, 6) is 0.148. The summed E-state index contributed by atoms with van der Waals surface area (Å²) >= 11 is 3.61. The van der Waals surface area contributed by atoms with Gasteiger partial charge in [0.15, 0.2) is 5.79 Å². The van der Waals surface area contributed by atoms with Crippen LogP contribution in [0.15, 0.2) is 0 Å². The number of hydrogen-bond acceptors (Lipinski definition) is 2. The van der Waals surface area contributed by atoms with Crippen molar-refractivity contribution in [2.45, 2.75) is 51.7 Å². The monoisotopic (exact) mass is 278 g/mol. The molecule has 1 saturated heterocycles. The normalized spacial score (nSPS) is 26.6. The third kappa shape index (κ3) is 3.43. The van der Waals surface area contributed by atoms with E-state index in [1.165, 1.54) is 0 Å². The number of ether oxygens (including phenoxy) is 2. The average molecular weight is 279 g/mol. The fourth-order valence-electron chi connectivity index (χ4n) is 1.80. The molecule has 0 N–H and O–H groups in total. The zero-order valence-corrected chi connectivity index (χ0v) is 12.1. The Morgan fingerprint density at radius 1 is 1.13 bits per heavy atom. The van der Waals surface area contributed by atoms with Gasteiger partial charge in [-0.25, -0.2) is 0 Å². The van der Waals surface area contributed by atoms with Crippen molar-refractivity contribution in [2.75, 3.05) is 13.2 Å². The standard InChI is InChI=1S/C12H23BrO2/c1-9(2)6-12(10(3)13)14-7-11(4,5)8-15-12/h9-10H,6-8H2,1-5H3. The Kier molecular flexibility index (Phi) is 4.24. The molecule has 0 spiro atoms. The molecule has 0 saturated carbocycles. The van der Waals surface area contributed by atoms with Gasteiger partial charge in [0.2, 0.25) is 0 Å². The molecule has 0 aliphatic carbocycles. The predicted octanol–water partition coefficient (Wildman–Crippen LogP) is 3.59. The van der Waals surface area contributed by atoms with E-state index in [1.807, 2.05) is 0 Å². The minimum Gasteiger partial charge on any atom is -0.348 e. The third-order valence-corrected chi connectivity index (χ3v) is 3.41. The molecular weight excluding hydrogens is 256 g/mol. The zero-order chi connectivity index (χ0) is 11.7. The van der Waals surface area contributed by atoms with E-state index in [1.54, 1.807) is 0 Å². The molecule has 1 atom stereocenters. The minimum atomic E-state index is -0.427. The molecule has 1 fully saturated rings. The first-order chi connectivity index (χ1) is 6.77. The van der Waals surface area contributed by atoms with Crippen molar-refractivity contribution in [1.29, 1.82) is 0 Å². The lowest BCUT2D eigenvalue weighted by molar-refractivity contribution is -0.302. The summed E-state index contributed by atoms with van der Waals surface area (Å²) in [4.78, 5) is 0.225. The van der Waals surface area contributed by atoms with Crippen molar-refractivity contribution < 1.29 is 9.47 Å². The molecule has 0 bridgehead atoms. The first-order valence-corrected chi connectivity index (χ1v) is 6.61. The van der Waals surface area contributed by atoms with Gasteiger partial charge < -0.3 is 9.47 Å². The highest BCUT2D eigenvalue weighted by Crippen LogP contribution is 2.38. The Hall–Kier alpha value is 0.400. The van der Waals surface area contributed by atoms with E-state index in [0.29, 0.717) is 5.92 Å². The quantitative estimate of drug-likeness (QED) is 0.735. The van der Waals surface area contributed by atoms with Gasteiger partial charge in [0, 0.05) is 11.8 Å². The second-order valence-electron chi connectivity index (χ2n) is 5.77.